The molecule has 0 fully saturated rings. The summed E-state index contributed by atoms with van der Waals surface area (Å²) in [6.45, 7) is 2.48. The van der Waals surface area contributed by atoms with Crippen LogP contribution in [0.25, 0.3) is 0 Å². The Hall–Kier alpha value is -2.34. The van der Waals surface area contributed by atoms with E-state index in [2.05, 4.69) is 19.1 Å². The summed E-state index contributed by atoms with van der Waals surface area (Å²) < 4.78 is 35.5. The molecule has 0 saturated heterocycles. The second-order valence-electron chi connectivity index (χ2n) is 6.62. The molecule has 1 aliphatic rings. The number of esters is 1. The van der Waals surface area contributed by atoms with Gasteiger partial charge in [0.25, 0.3) is 0 Å². The molecule has 0 N–H and O–H groups in total. The van der Waals surface area contributed by atoms with Gasteiger partial charge in [-0.3, -0.25) is 0 Å². The fourth-order valence-electron chi connectivity index (χ4n) is 2.96. The van der Waals surface area contributed by atoms with Crippen LogP contribution in [0.2, 0.25) is 0 Å². The van der Waals surface area contributed by atoms with Gasteiger partial charge in [0.15, 0.2) is 9.84 Å². The number of furan rings is 1. The van der Waals surface area contributed by atoms with Crippen molar-refractivity contribution in [2.24, 2.45) is 11.8 Å². The maximum atomic E-state index is 12.4. The smallest absolute Gasteiger partial charge is 0.374 e. The highest BCUT2D eigenvalue weighted by atomic mass is 32.2. The van der Waals surface area contributed by atoms with Gasteiger partial charge in [-0.05, 0) is 48.9 Å². The second-order valence-corrected chi connectivity index (χ2v) is 8.61. The van der Waals surface area contributed by atoms with Crippen LogP contribution in [-0.4, -0.2) is 21.0 Å². The number of carbonyl (C=O) groups excluding carboxylic acids is 1. The highest BCUT2D eigenvalue weighted by molar-refractivity contribution is 7.90. The van der Waals surface area contributed by atoms with Crippen LogP contribution in [0, 0.1) is 11.8 Å². The van der Waals surface area contributed by atoms with Crippen molar-refractivity contribution < 1.29 is 22.4 Å². The SMILES string of the molecule is C[C@H]1CC=CC[C@@H]1COC(=O)c1ccc(CS(=O)(=O)c2ccccc2)o1. The predicted octanol–water partition coefficient (Wildman–Crippen LogP) is 4.01. The van der Waals surface area contributed by atoms with Crippen LogP contribution in [0.4, 0.5) is 0 Å². The van der Waals surface area contributed by atoms with Crippen molar-refractivity contribution in [3.8, 4) is 0 Å². The fourth-order valence-corrected chi connectivity index (χ4v) is 4.22. The molecule has 0 amide bonds. The molecule has 0 aliphatic heterocycles. The third-order valence-electron chi connectivity index (χ3n) is 4.64. The Morgan fingerprint density at radius 3 is 2.58 bits per heavy atom. The van der Waals surface area contributed by atoms with E-state index in [-0.39, 0.29) is 22.2 Å². The highest BCUT2D eigenvalue weighted by Gasteiger charge is 2.23. The number of rotatable bonds is 6. The van der Waals surface area contributed by atoms with Crippen LogP contribution < -0.4 is 0 Å². The predicted molar refractivity (Wildman–Crippen MR) is 97.4 cm³/mol. The van der Waals surface area contributed by atoms with E-state index >= 15 is 0 Å². The zero-order valence-corrected chi connectivity index (χ0v) is 15.4. The molecule has 0 spiro atoms. The maximum absolute atomic E-state index is 12.4. The third-order valence-corrected chi connectivity index (χ3v) is 6.30. The van der Waals surface area contributed by atoms with Crippen molar-refractivity contribution in [1.29, 1.82) is 0 Å². The molecule has 1 heterocycles. The van der Waals surface area contributed by atoms with E-state index in [1.54, 1.807) is 18.2 Å². The molecule has 0 radical (unpaired) electrons. The minimum atomic E-state index is -3.52. The number of hydrogen-bond donors (Lipinski definition) is 0. The largest absolute Gasteiger partial charge is 0.460 e. The van der Waals surface area contributed by atoms with E-state index in [1.165, 1.54) is 24.3 Å². The molecule has 1 aromatic heterocycles. The maximum Gasteiger partial charge on any atom is 0.374 e. The van der Waals surface area contributed by atoms with Gasteiger partial charge in [0.2, 0.25) is 5.76 Å². The summed E-state index contributed by atoms with van der Waals surface area (Å²) in [5, 5.41) is 0. The van der Waals surface area contributed by atoms with Gasteiger partial charge in [-0.25, -0.2) is 13.2 Å². The number of sulfone groups is 1. The summed E-state index contributed by atoms with van der Waals surface area (Å²) in [5.74, 6) is 0.161. The normalized spacial score (nSPS) is 20.0. The van der Waals surface area contributed by atoms with Gasteiger partial charge in [0, 0.05) is 0 Å². The van der Waals surface area contributed by atoms with Crippen LogP contribution in [0.1, 0.15) is 36.1 Å². The standard InChI is InChI=1S/C20H22O5S/c1-15-7-5-6-8-16(15)13-24-20(21)19-12-11-17(25-19)14-26(22,23)18-9-3-2-4-10-18/h2-6,9-12,15-16H,7-8,13-14H2,1H3/t15-,16+/m0/s1. The van der Waals surface area contributed by atoms with Crippen LogP contribution in [0.5, 0.6) is 0 Å². The van der Waals surface area contributed by atoms with Gasteiger partial charge in [-0.15, -0.1) is 0 Å². The first-order valence-electron chi connectivity index (χ1n) is 8.64. The molecular formula is C20H22O5S. The van der Waals surface area contributed by atoms with E-state index in [9.17, 15) is 13.2 Å². The molecule has 3 rings (SSSR count). The van der Waals surface area contributed by atoms with Gasteiger partial charge in [0.1, 0.15) is 11.5 Å². The summed E-state index contributed by atoms with van der Waals surface area (Å²) in [6.07, 6.45) is 6.14. The van der Waals surface area contributed by atoms with E-state index in [0.29, 0.717) is 18.4 Å². The monoisotopic (exact) mass is 374 g/mol. The fraction of sp³-hybridized carbons (Fsp3) is 0.350. The molecule has 2 atom stereocenters. The first-order chi connectivity index (χ1) is 12.5. The molecule has 6 heteroatoms. The van der Waals surface area contributed by atoms with E-state index in [0.717, 1.165) is 12.8 Å². The topological polar surface area (TPSA) is 73.6 Å². The average Bonchev–Trinajstić information content (AvgIpc) is 3.09. The Morgan fingerprint density at radius 1 is 1.12 bits per heavy atom. The van der Waals surface area contributed by atoms with E-state index in [1.807, 2.05) is 0 Å². The van der Waals surface area contributed by atoms with E-state index < -0.39 is 15.8 Å². The van der Waals surface area contributed by atoms with Gasteiger partial charge in [-0.2, -0.15) is 0 Å². The summed E-state index contributed by atoms with van der Waals surface area (Å²) in [7, 11) is -3.52. The van der Waals surface area contributed by atoms with Gasteiger partial charge in [0.05, 0.1) is 11.5 Å². The molecule has 1 aromatic carbocycles. The van der Waals surface area contributed by atoms with Gasteiger partial charge < -0.3 is 9.15 Å². The Bertz CT molecular complexity index is 880. The quantitative estimate of drug-likeness (QED) is 0.564. The Labute approximate surface area is 153 Å². The van der Waals surface area contributed by atoms with Crippen LogP contribution in [-0.2, 0) is 20.3 Å². The van der Waals surface area contributed by atoms with Gasteiger partial charge >= 0.3 is 5.97 Å². The molecule has 26 heavy (non-hydrogen) atoms. The lowest BCUT2D eigenvalue weighted by Gasteiger charge is -2.24. The molecule has 0 unspecified atom stereocenters. The first-order valence-corrected chi connectivity index (χ1v) is 10.3. The third kappa shape index (κ3) is 4.43. The lowest BCUT2D eigenvalue weighted by molar-refractivity contribution is 0.0358. The number of ether oxygens (including phenoxy) is 1. The summed E-state index contributed by atoms with van der Waals surface area (Å²) >= 11 is 0. The zero-order valence-electron chi connectivity index (χ0n) is 14.6. The van der Waals surface area contributed by atoms with Crippen molar-refractivity contribution in [3.63, 3.8) is 0 Å². The Kier molecular flexibility index (Phi) is 5.61. The van der Waals surface area contributed by atoms with Crippen molar-refractivity contribution in [2.45, 2.75) is 30.4 Å². The highest BCUT2D eigenvalue weighted by Crippen LogP contribution is 2.25. The molecule has 2 aromatic rings. The molecular weight excluding hydrogens is 352 g/mol. The number of hydrogen-bond acceptors (Lipinski definition) is 5. The second kappa shape index (κ2) is 7.91. The summed E-state index contributed by atoms with van der Waals surface area (Å²) in [4.78, 5) is 12.4. The number of carbonyl (C=O) groups is 1. The van der Waals surface area contributed by atoms with Crippen LogP contribution >= 0.6 is 0 Å². The first kappa shape index (κ1) is 18.5. The Morgan fingerprint density at radius 2 is 1.85 bits per heavy atom. The van der Waals surface area contributed by atoms with Crippen LogP contribution in [0.15, 0.2) is 63.9 Å². The minimum Gasteiger partial charge on any atom is -0.460 e. The van der Waals surface area contributed by atoms with E-state index in [4.69, 9.17) is 9.15 Å². The molecule has 138 valence electrons. The minimum absolute atomic E-state index is 0.0299. The lowest BCUT2D eigenvalue weighted by Crippen LogP contribution is -2.21. The van der Waals surface area contributed by atoms with Crippen molar-refractivity contribution in [1.82, 2.24) is 0 Å². The van der Waals surface area contributed by atoms with Crippen molar-refractivity contribution in [3.05, 3.63) is 66.1 Å². The zero-order chi connectivity index (χ0) is 18.6. The molecule has 1 aliphatic carbocycles. The molecule has 5 nitrogen and oxygen atoms in total. The van der Waals surface area contributed by atoms with Crippen LogP contribution in [0.3, 0.4) is 0 Å². The lowest BCUT2D eigenvalue weighted by atomic mass is 9.85. The summed E-state index contributed by atoms with van der Waals surface area (Å²) in [5.41, 5.74) is 0. The molecule has 0 bridgehead atoms. The number of benzene rings is 1. The number of allylic oxidation sites excluding steroid dienone is 2. The average molecular weight is 374 g/mol. The Balaban J connectivity index is 1.60. The molecule has 0 saturated carbocycles. The van der Waals surface area contributed by atoms with Crippen molar-refractivity contribution in [2.75, 3.05) is 6.61 Å². The van der Waals surface area contributed by atoms with Gasteiger partial charge in [-0.1, -0.05) is 37.3 Å². The van der Waals surface area contributed by atoms with Crippen molar-refractivity contribution >= 4 is 15.8 Å². The summed E-state index contributed by atoms with van der Waals surface area (Å²) in [6, 6.07) is 11.1.